The van der Waals surface area contributed by atoms with E-state index in [1.165, 1.54) is 5.69 Å². The van der Waals surface area contributed by atoms with Gasteiger partial charge >= 0.3 is 12.1 Å². The zero-order valence-electron chi connectivity index (χ0n) is 20.6. The van der Waals surface area contributed by atoms with E-state index in [1.807, 2.05) is 60.5 Å². The number of aryl methyl sites for hydroxylation is 1. The molecule has 2 N–H and O–H groups in total. The van der Waals surface area contributed by atoms with Gasteiger partial charge in [-0.1, -0.05) is 24.3 Å². The van der Waals surface area contributed by atoms with E-state index in [1.54, 1.807) is 12.1 Å². The lowest BCUT2D eigenvalue weighted by Gasteiger charge is -2.23. The highest BCUT2D eigenvalue weighted by Gasteiger charge is 2.46. The Kier molecular flexibility index (Phi) is 5.75. The molecular weight excluding hydrogens is 468 g/mol. The van der Waals surface area contributed by atoms with Crippen molar-refractivity contribution in [3.8, 4) is 17.0 Å². The summed E-state index contributed by atoms with van der Waals surface area (Å²) in [7, 11) is 0. The molecular formula is C28H28N6O3. The summed E-state index contributed by atoms with van der Waals surface area (Å²) in [6.45, 7) is 4.85. The van der Waals surface area contributed by atoms with Gasteiger partial charge in [0, 0.05) is 54.4 Å². The molecule has 0 saturated carbocycles. The standard InChI is InChI=1S/C28H28N6O3/c1-2-29-26(35)33-13-11-28(18-33)12-14-34-25(28)16-24(32-34)19-15-21-22(30-17-19)9-6-10-23(21)31-27(36)37-20-7-4-3-5-8-20/h3-10,15-17H,2,11-14,18H2,1H3,(H,29,35)(H,31,36). The number of pyridine rings is 1. The van der Waals surface area contributed by atoms with E-state index in [9.17, 15) is 9.59 Å². The van der Waals surface area contributed by atoms with Crippen LogP contribution in [-0.2, 0) is 12.0 Å². The minimum absolute atomic E-state index is 0.00196. The van der Waals surface area contributed by atoms with Gasteiger partial charge in [0.1, 0.15) is 5.75 Å². The van der Waals surface area contributed by atoms with Gasteiger partial charge in [-0.15, -0.1) is 0 Å². The van der Waals surface area contributed by atoms with Gasteiger partial charge < -0.3 is 15.0 Å². The first-order chi connectivity index (χ1) is 18.0. The highest BCUT2D eigenvalue weighted by molar-refractivity contribution is 6.00. The van der Waals surface area contributed by atoms with Gasteiger partial charge in [0.05, 0.1) is 16.9 Å². The molecule has 188 valence electrons. The summed E-state index contributed by atoms with van der Waals surface area (Å²) in [4.78, 5) is 31.5. The third kappa shape index (κ3) is 4.26. The molecule has 1 atom stereocenters. The molecule has 1 unspecified atom stereocenters. The molecule has 1 spiro atoms. The number of benzene rings is 2. The van der Waals surface area contributed by atoms with Crippen LogP contribution < -0.4 is 15.4 Å². The number of fused-ring (bicyclic) bond motifs is 3. The number of nitrogens with one attached hydrogen (secondary N) is 2. The lowest BCUT2D eigenvalue weighted by Crippen LogP contribution is -2.40. The Morgan fingerprint density at radius 2 is 1.89 bits per heavy atom. The van der Waals surface area contributed by atoms with Crippen LogP contribution >= 0.6 is 0 Å². The summed E-state index contributed by atoms with van der Waals surface area (Å²) in [5, 5.41) is 11.4. The van der Waals surface area contributed by atoms with Crippen LogP contribution in [0.25, 0.3) is 22.2 Å². The van der Waals surface area contributed by atoms with Crippen molar-refractivity contribution in [2.75, 3.05) is 25.0 Å². The van der Waals surface area contributed by atoms with Crippen molar-refractivity contribution in [2.24, 2.45) is 0 Å². The molecule has 9 heteroatoms. The van der Waals surface area contributed by atoms with Crippen LogP contribution in [0.2, 0.25) is 0 Å². The van der Waals surface area contributed by atoms with Crippen molar-refractivity contribution in [3.05, 3.63) is 72.6 Å². The number of hydrogen-bond acceptors (Lipinski definition) is 5. The predicted molar refractivity (Wildman–Crippen MR) is 141 cm³/mol. The zero-order chi connectivity index (χ0) is 25.4. The molecule has 4 heterocycles. The lowest BCUT2D eigenvalue weighted by molar-refractivity contribution is 0.206. The fourth-order valence-corrected chi connectivity index (χ4v) is 5.45. The van der Waals surface area contributed by atoms with Gasteiger partial charge in [-0.2, -0.15) is 5.10 Å². The highest BCUT2D eigenvalue weighted by Crippen LogP contribution is 2.44. The molecule has 1 saturated heterocycles. The SMILES string of the molecule is CCNC(=O)N1CCC2(CCn3nc(-c4cnc5cccc(NC(=O)Oc6ccccc6)c5c4)cc32)C1. The number of para-hydroxylation sites is 1. The number of aromatic nitrogens is 3. The number of ether oxygens (including phenoxy) is 1. The van der Waals surface area contributed by atoms with Gasteiger partial charge in [0.2, 0.25) is 0 Å². The van der Waals surface area contributed by atoms with Crippen molar-refractivity contribution >= 4 is 28.7 Å². The zero-order valence-corrected chi connectivity index (χ0v) is 20.6. The number of amides is 3. The van der Waals surface area contributed by atoms with E-state index in [4.69, 9.17) is 9.84 Å². The highest BCUT2D eigenvalue weighted by atomic mass is 16.6. The average molecular weight is 497 g/mol. The molecule has 2 aromatic heterocycles. The average Bonchev–Trinajstić information content (AvgIpc) is 3.62. The quantitative estimate of drug-likeness (QED) is 0.423. The van der Waals surface area contributed by atoms with Crippen LogP contribution in [0.5, 0.6) is 5.75 Å². The van der Waals surface area contributed by atoms with Crippen LogP contribution in [0.15, 0.2) is 66.9 Å². The second-order valence-corrected chi connectivity index (χ2v) is 9.60. The largest absolute Gasteiger partial charge is 0.417 e. The number of likely N-dealkylation sites (tertiary alicyclic amines) is 1. The summed E-state index contributed by atoms with van der Waals surface area (Å²) in [5.74, 6) is 0.471. The van der Waals surface area contributed by atoms with Crippen molar-refractivity contribution in [1.29, 1.82) is 0 Å². The van der Waals surface area contributed by atoms with Crippen molar-refractivity contribution in [2.45, 2.75) is 31.7 Å². The second-order valence-electron chi connectivity index (χ2n) is 9.60. The minimum Gasteiger partial charge on any atom is -0.410 e. The van der Waals surface area contributed by atoms with Crippen LogP contribution in [-0.4, -0.2) is 51.4 Å². The van der Waals surface area contributed by atoms with E-state index in [0.717, 1.165) is 48.1 Å². The molecule has 0 bridgehead atoms. The fraction of sp³-hybridized carbons (Fsp3) is 0.286. The molecule has 9 nitrogen and oxygen atoms in total. The number of rotatable bonds is 4. The van der Waals surface area contributed by atoms with Gasteiger partial charge in [-0.3, -0.25) is 15.0 Å². The number of carbonyl (C=O) groups is 2. The molecule has 6 rings (SSSR count). The number of nitrogens with zero attached hydrogens (tertiary/aromatic N) is 4. The smallest absolute Gasteiger partial charge is 0.410 e. The van der Waals surface area contributed by atoms with E-state index in [-0.39, 0.29) is 11.4 Å². The maximum atomic E-state index is 12.5. The van der Waals surface area contributed by atoms with Crippen molar-refractivity contribution < 1.29 is 14.3 Å². The summed E-state index contributed by atoms with van der Waals surface area (Å²) >= 11 is 0. The monoisotopic (exact) mass is 496 g/mol. The Hall–Kier alpha value is -4.40. The summed E-state index contributed by atoms with van der Waals surface area (Å²) in [5.41, 5.74) is 4.19. The van der Waals surface area contributed by atoms with Gasteiger partial charge in [0.25, 0.3) is 0 Å². The minimum atomic E-state index is -0.565. The Morgan fingerprint density at radius 3 is 2.73 bits per heavy atom. The number of carbonyl (C=O) groups excluding carboxylic acids is 2. The Balaban J connectivity index is 1.26. The Labute approximate surface area is 214 Å². The molecule has 37 heavy (non-hydrogen) atoms. The molecule has 1 fully saturated rings. The van der Waals surface area contributed by atoms with Crippen LogP contribution in [0.3, 0.4) is 0 Å². The van der Waals surface area contributed by atoms with Crippen LogP contribution in [0.1, 0.15) is 25.5 Å². The lowest BCUT2D eigenvalue weighted by atomic mass is 9.82. The third-order valence-electron chi connectivity index (χ3n) is 7.31. The first-order valence-electron chi connectivity index (χ1n) is 12.6. The third-order valence-corrected chi connectivity index (χ3v) is 7.31. The van der Waals surface area contributed by atoms with Crippen molar-refractivity contribution in [1.82, 2.24) is 25.0 Å². The Bertz CT molecular complexity index is 1480. The fourth-order valence-electron chi connectivity index (χ4n) is 5.45. The molecule has 2 aliphatic heterocycles. The molecule has 0 radical (unpaired) electrons. The first-order valence-corrected chi connectivity index (χ1v) is 12.6. The first kappa shape index (κ1) is 23.0. The molecule has 2 aromatic carbocycles. The van der Waals surface area contributed by atoms with E-state index < -0.39 is 6.09 Å². The summed E-state index contributed by atoms with van der Waals surface area (Å²) in [6.07, 6.45) is 3.17. The maximum absolute atomic E-state index is 12.5. The summed E-state index contributed by atoms with van der Waals surface area (Å²) in [6, 6.07) is 18.7. The van der Waals surface area contributed by atoms with Gasteiger partial charge in [0.15, 0.2) is 0 Å². The Morgan fingerprint density at radius 1 is 1.05 bits per heavy atom. The molecule has 2 aliphatic rings. The van der Waals surface area contributed by atoms with Gasteiger partial charge in [-0.05, 0) is 56.2 Å². The van der Waals surface area contributed by atoms with Gasteiger partial charge in [-0.25, -0.2) is 9.59 Å². The maximum Gasteiger partial charge on any atom is 0.417 e. The summed E-state index contributed by atoms with van der Waals surface area (Å²) < 4.78 is 7.47. The number of anilines is 1. The van der Waals surface area contributed by atoms with Crippen LogP contribution in [0, 0.1) is 0 Å². The van der Waals surface area contributed by atoms with E-state index >= 15 is 0 Å². The molecule has 3 amide bonds. The molecule has 4 aromatic rings. The van der Waals surface area contributed by atoms with Crippen molar-refractivity contribution in [3.63, 3.8) is 0 Å². The number of hydrogen-bond donors (Lipinski definition) is 2. The number of urea groups is 1. The topological polar surface area (TPSA) is 101 Å². The van der Waals surface area contributed by atoms with Crippen LogP contribution in [0.4, 0.5) is 15.3 Å². The predicted octanol–water partition coefficient (Wildman–Crippen LogP) is 4.79. The van der Waals surface area contributed by atoms with E-state index in [0.29, 0.717) is 24.5 Å². The molecule has 0 aliphatic carbocycles. The van der Waals surface area contributed by atoms with E-state index in [2.05, 4.69) is 26.4 Å². The normalized spacial score (nSPS) is 18.2. The second kappa shape index (κ2) is 9.24.